The summed E-state index contributed by atoms with van der Waals surface area (Å²) >= 11 is 6.05. The highest BCUT2D eigenvalue weighted by Gasteiger charge is 2.07. The van der Waals surface area contributed by atoms with E-state index in [1.165, 1.54) is 6.07 Å². The van der Waals surface area contributed by atoms with Crippen molar-refractivity contribution in [3.63, 3.8) is 0 Å². The molecule has 2 aromatic carbocycles. The number of likely N-dealkylation sites (N-methyl/N-ethyl adjacent to an activating group) is 1. The summed E-state index contributed by atoms with van der Waals surface area (Å²) in [5.41, 5.74) is 0.893. The molecule has 0 aliphatic heterocycles. The highest BCUT2D eigenvalue weighted by molar-refractivity contribution is 6.31. The van der Waals surface area contributed by atoms with Crippen molar-refractivity contribution >= 4 is 17.5 Å². The summed E-state index contributed by atoms with van der Waals surface area (Å²) in [5, 5.41) is 3.50. The first kappa shape index (κ1) is 19.2. The van der Waals surface area contributed by atoms with Gasteiger partial charge in [0.1, 0.15) is 6.61 Å². The van der Waals surface area contributed by atoms with Crippen molar-refractivity contribution in [3.8, 4) is 5.75 Å². The average Bonchev–Trinajstić information content (AvgIpc) is 2.61. The van der Waals surface area contributed by atoms with Crippen molar-refractivity contribution in [1.82, 2.24) is 10.2 Å². The minimum atomic E-state index is -0.371. The summed E-state index contributed by atoms with van der Waals surface area (Å²) in [5.74, 6) is -0.167. The van der Waals surface area contributed by atoms with E-state index in [0.29, 0.717) is 37.7 Å². The lowest BCUT2D eigenvalue weighted by Crippen LogP contribution is -2.30. The molecule has 0 atom stereocenters. The first-order chi connectivity index (χ1) is 12.1. The Morgan fingerprint density at radius 1 is 1.16 bits per heavy atom. The van der Waals surface area contributed by atoms with Gasteiger partial charge in [-0.2, -0.15) is 0 Å². The molecule has 2 rings (SSSR count). The van der Waals surface area contributed by atoms with Crippen LogP contribution in [0.3, 0.4) is 0 Å². The van der Waals surface area contributed by atoms with E-state index in [1.54, 1.807) is 24.3 Å². The van der Waals surface area contributed by atoms with Gasteiger partial charge < -0.3 is 15.0 Å². The fraction of sp³-hybridized carbons (Fsp3) is 0.316. The minimum Gasteiger partial charge on any atom is -0.489 e. The number of amides is 1. The van der Waals surface area contributed by atoms with Gasteiger partial charge in [-0.05, 0) is 30.8 Å². The van der Waals surface area contributed by atoms with Crippen LogP contribution in [0.1, 0.15) is 12.0 Å². The fourth-order valence-electron chi connectivity index (χ4n) is 2.20. The smallest absolute Gasteiger partial charge is 0.221 e. The first-order valence-corrected chi connectivity index (χ1v) is 8.50. The van der Waals surface area contributed by atoms with Crippen LogP contribution in [-0.2, 0) is 11.3 Å². The molecule has 0 aromatic heterocycles. The zero-order valence-corrected chi connectivity index (χ0v) is 14.9. The van der Waals surface area contributed by atoms with Gasteiger partial charge in [-0.1, -0.05) is 41.9 Å². The molecule has 4 nitrogen and oxygen atoms in total. The zero-order chi connectivity index (χ0) is 18.1. The van der Waals surface area contributed by atoms with Crippen molar-refractivity contribution in [2.45, 2.75) is 13.0 Å². The summed E-state index contributed by atoms with van der Waals surface area (Å²) < 4.78 is 18.8. The van der Waals surface area contributed by atoms with Crippen LogP contribution in [0.15, 0.2) is 48.5 Å². The molecule has 0 radical (unpaired) electrons. The molecule has 0 saturated heterocycles. The third-order valence-electron chi connectivity index (χ3n) is 3.72. The minimum absolute atomic E-state index is 0.0400. The molecule has 0 aliphatic rings. The third-order valence-corrected chi connectivity index (χ3v) is 4.09. The van der Waals surface area contributed by atoms with Crippen molar-refractivity contribution in [2.24, 2.45) is 0 Å². The Hall–Kier alpha value is -2.11. The second-order valence-corrected chi connectivity index (χ2v) is 6.11. The maximum absolute atomic E-state index is 13.4. The topological polar surface area (TPSA) is 41.6 Å². The fourth-order valence-corrected chi connectivity index (χ4v) is 2.40. The largest absolute Gasteiger partial charge is 0.489 e. The van der Waals surface area contributed by atoms with E-state index in [-0.39, 0.29) is 17.5 Å². The Labute approximate surface area is 152 Å². The molecule has 0 unspecified atom stereocenters. The maximum atomic E-state index is 13.4. The van der Waals surface area contributed by atoms with Gasteiger partial charge in [0.05, 0.1) is 0 Å². The summed E-state index contributed by atoms with van der Waals surface area (Å²) in [6.45, 7) is 1.97. The Morgan fingerprint density at radius 3 is 2.64 bits per heavy atom. The molecule has 1 amide bonds. The molecule has 6 heteroatoms. The third kappa shape index (κ3) is 6.72. The predicted octanol–water partition coefficient (Wildman–Crippen LogP) is 3.50. The van der Waals surface area contributed by atoms with Gasteiger partial charge in [0.15, 0.2) is 11.6 Å². The molecule has 134 valence electrons. The Balaban J connectivity index is 1.62. The molecule has 0 saturated carbocycles. The number of carbonyl (C=O) groups is 1. The number of nitrogens with zero attached hydrogens (tertiary/aromatic N) is 1. The van der Waals surface area contributed by atoms with Crippen LogP contribution in [0.25, 0.3) is 0 Å². The number of halogens is 2. The van der Waals surface area contributed by atoms with E-state index in [0.717, 1.165) is 5.56 Å². The quantitative estimate of drug-likeness (QED) is 0.740. The standard InChI is InChI=1S/C19H22ClFN2O2/c1-23(12-13-25-18-9-5-4-8-17(18)21)11-10-19(24)22-14-15-6-2-3-7-16(15)20/h2-9H,10-14H2,1H3,(H,22,24). The van der Waals surface area contributed by atoms with Crippen LogP contribution in [0.2, 0.25) is 5.02 Å². The Kier molecular flexibility index (Phi) is 7.70. The van der Waals surface area contributed by atoms with Crippen molar-refractivity contribution in [1.29, 1.82) is 0 Å². The molecular formula is C19H22ClFN2O2. The first-order valence-electron chi connectivity index (χ1n) is 8.12. The van der Waals surface area contributed by atoms with Gasteiger partial charge >= 0.3 is 0 Å². The number of nitrogens with one attached hydrogen (secondary N) is 1. The molecular weight excluding hydrogens is 343 g/mol. The van der Waals surface area contributed by atoms with Crippen molar-refractivity contribution < 1.29 is 13.9 Å². The number of rotatable bonds is 9. The van der Waals surface area contributed by atoms with Crippen LogP contribution in [0.5, 0.6) is 5.75 Å². The summed E-state index contributed by atoms with van der Waals surface area (Å²) in [6, 6.07) is 13.7. The van der Waals surface area contributed by atoms with Gasteiger partial charge in [0.2, 0.25) is 5.91 Å². The average molecular weight is 365 g/mol. The second-order valence-electron chi connectivity index (χ2n) is 5.70. The van der Waals surface area contributed by atoms with Gasteiger partial charge in [-0.3, -0.25) is 4.79 Å². The van der Waals surface area contributed by atoms with Gasteiger partial charge in [-0.15, -0.1) is 0 Å². The molecule has 0 heterocycles. The van der Waals surface area contributed by atoms with E-state index in [9.17, 15) is 9.18 Å². The number of ether oxygens (including phenoxy) is 1. The SMILES string of the molecule is CN(CCOc1ccccc1F)CCC(=O)NCc1ccccc1Cl. The van der Waals surface area contributed by atoms with Crippen LogP contribution < -0.4 is 10.1 Å². The molecule has 0 aliphatic carbocycles. The van der Waals surface area contributed by atoms with Crippen LogP contribution in [0.4, 0.5) is 4.39 Å². The number of hydrogen-bond acceptors (Lipinski definition) is 3. The van der Waals surface area contributed by atoms with E-state index in [1.807, 2.05) is 30.1 Å². The molecule has 0 fully saturated rings. The highest BCUT2D eigenvalue weighted by Crippen LogP contribution is 2.15. The van der Waals surface area contributed by atoms with Crippen LogP contribution in [0, 0.1) is 5.82 Å². The lowest BCUT2D eigenvalue weighted by molar-refractivity contribution is -0.121. The van der Waals surface area contributed by atoms with Crippen molar-refractivity contribution in [2.75, 3.05) is 26.7 Å². The van der Waals surface area contributed by atoms with E-state index in [2.05, 4.69) is 5.32 Å². The van der Waals surface area contributed by atoms with Gasteiger partial charge in [-0.25, -0.2) is 4.39 Å². The van der Waals surface area contributed by atoms with Crippen LogP contribution in [-0.4, -0.2) is 37.6 Å². The number of benzene rings is 2. The highest BCUT2D eigenvalue weighted by atomic mass is 35.5. The Morgan fingerprint density at radius 2 is 1.88 bits per heavy atom. The molecule has 1 N–H and O–H groups in total. The number of para-hydroxylation sites is 1. The molecule has 25 heavy (non-hydrogen) atoms. The lowest BCUT2D eigenvalue weighted by Gasteiger charge is -2.17. The number of hydrogen-bond donors (Lipinski definition) is 1. The normalized spacial score (nSPS) is 10.7. The van der Waals surface area contributed by atoms with Gasteiger partial charge in [0, 0.05) is 31.1 Å². The number of carbonyl (C=O) groups excluding carboxylic acids is 1. The monoisotopic (exact) mass is 364 g/mol. The van der Waals surface area contributed by atoms with E-state index >= 15 is 0 Å². The van der Waals surface area contributed by atoms with E-state index < -0.39 is 0 Å². The maximum Gasteiger partial charge on any atom is 0.221 e. The summed E-state index contributed by atoms with van der Waals surface area (Å²) in [7, 11) is 1.89. The molecule has 0 spiro atoms. The summed E-state index contributed by atoms with van der Waals surface area (Å²) in [6.07, 6.45) is 0.376. The Bertz CT molecular complexity index is 697. The zero-order valence-electron chi connectivity index (χ0n) is 14.2. The second kappa shape index (κ2) is 10.0. The van der Waals surface area contributed by atoms with E-state index in [4.69, 9.17) is 16.3 Å². The predicted molar refractivity (Wildman–Crippen MR) is 97.3 cm³/mol. The molecule has 0 bridgehead atoms. The van der Waals surface area contributed by atoms with Crippen molar-refractivity contribution in [3.05, 3.63) is 64.9 Å². The molecule has 2 aromatic rings. The summed E-state index contributed by atoms with van der Waals surface area (Å²) in [4.78, 5) is 13.9. The van der Waals surface area contributed by atoms with Crippen LogP contribution >= 0.6 is 11.6 Å². The van der Waals surface area contributed by atoms with Gasteiger partial charge in [0.25, 0.3) is 0 Å². The lowest BCUT2D eigenvalue weighted by atomic mass is 10.2.